The van der Waals surface area contributed by atoms with Crippen molar-refractivity contribution >= 4 is 43.9 Å². The highest BCUT2D eigenvalue weighted by Gasteiger charge is 2.32. The van der Waals surface area contributed by atoms with Crippen molar-refractivity contribution < 1.29 is 17.5 Å². The Morgan fingerprint density at radius 2 is 2.02 bits per heavy atom. The average Bonchev–Trinajstić information content (AvgIpc) is 3.71. The molecule has 0 radical (unpaired) electrons. The molecule has 40 heavy (non-hydrogen) atoms. The number of rotatable bonds is 10. The van der Waals surface area contributed by atoms with Gasteiger partial charge in [0.2, 0.25) is 5.95 Å². The number of piperidine rings is 1. The third-order valence-corrected chi connectivity index (χ3v) is 9.32. The molecule has 0 amide bonds. The van der Waals surface area contributed by atoms with Gasteiger partial charge in [0.15, 0.2) is 20.7 Å². The fourth-order valence-corrected chi connectivity index (χ4v) is 5.55. The molecule has 10 nitrogen and oxygen atoms in total. The number of nitrogens with one attached hydrogen (secondary N) is 4. The van der Waals surface area contributed by atoms with Gasteiger partial charge in [0.1, 0.15) is 16.9 Å². The van der Waals surface area contributed by atoms with Gasteiger partial charge in [0.25, 0.3) is 0 Å². The molecule has 2 atom stereocenters. The smallest absolute Gasteiger partial charge is 0.229 e. The molecule has 4 rings (SSSR count). The number of sulfone groups is 1. The van der Waals surface area contributed by atoms with Crippen LogP contribution in [0.2, 0.25) is 5.02 Å². The van der Waals surface area contributed by atoms with E-state index < -0.39 is 26.3 Å². The van der Waals surface area contributed by atoms with Crippen LogP contribution in [0.3, 0.4) is 0 Å². The number of likely N-dealkylation sites (tertiary alicyclic amines) is 1. The van der Waals surface area contributed by atoms with Crippen LogP contribution < -0.4 is 20.7 Å². The van der Waals surface area contributed by atoms with E-state index in [0.29, 0.717) is 18.0 Å². The number of hydrogen-bond acceptors (Lipinski definition) is 10. The molecule has 1 aromatic heterocycles. The maximum Gasteiger partial charge on any atom is 0.229 e. The van der Waals surface area contributed by atoms with Gasteiger partial charge >= 0.3 is 0 Å². The standard InChI is InChI=1S/C27H37ClFN7O3S/c1-15(2)40(37,38)25(30)23(13-31-4)33-26-20(28)12-32-27(35-26)34-22-10-16(3)19(11-24(22)39-17-6-7-17)18-8-9-36(5)14-21(18)29/h10-13,15,17-18,21,30-31H,6-9,14H2,1-5H3,(H2,32,33,34,35)/b23-13+,30-25?. The van der Waals surface area contributed by atoms with Crippen molar-refractivity contribution in [3.8, 4) is 5.75 Å². The van der Waals surface area contributed by atoms with E-state index in [-0.39, 0.29) is 34.5 Å². The Labute approximate surface area is 240 Å². The van der Waals surface area contributed by atoms with E-state index in [1.807, 2.05) is 31.0 Å². The molecule has 0 bridgehead atoms. The first-order chi connectivity index (χ1) is 18.9. The zero-order chi connectivity index (χ0) is 29.2. The number of ether oxygens (including phenoxy) is 1. The zero-order valence-electron chi connectivity index (χ0n) is 23.4. The second kappa shape index (κ2) is 12.3. The Morgan fingerprint density at radius 3 is 2.65 bits per heavy atom. The lowest BCUT2D eigenvalue weighted by atomic mass is 9.85. The fourth-order valence-electron chi connectivity index (χ4n) is 4.53. The molecule has 1 saturated heterocycles. The van der Waals surface area contributed by atoms with E-state index in [9.17, 15) is 8.42 Å². The lowest BCUT2D eigenvalue weighted by Crippen LogP contribution is -2.38. The van der Waals surface area contributed by atoms with Gasteiger partial charge in [-0.05, 0) is 76.9 Å². The summed E-state index contributed by atoms with van der Waals surface area (Å²) in [7, 11) is -0.335. The quantitative estimate of drug-likeness (QED) is 0.227. The van der Waals surface area contributed by atoms with Gasteiger partial charge in [-0.1, -0.05) is 11.6 Å². The van der Waals surface area contributed by atoms with E-state index in [4.69, 9.17) is 21.7 Å². The Morgan fingerprint density at radius 1 is 1.30 bits per heavy atom. The molecule has 2 fully saturated rings. The summed E-state index contributed by atoms with van der Waals surface area (Å²) in [5.74, 6) is 0.699. The van der Waals surface area contributed by atoms with Crippen LogP contribution >= 0.6 is 11.6 Å². The largest absolute Gasteiger partial charge is 0.488 e. The first-order valence-corrected chi connectivity index (χ1v) is 15.2. The predicted octanol–water partition coefficient (Wildman–Crippen LogP) is 4.75. The van der Waals surface area contributed by atoms with Crippen LogP contribution in [0.5, 0.6) is 5.75 Å². The first kappa shape index (κ1) is 30.0. The van der Waals surface area contributed by atoms with Crippen molar-refractivity contribution in [2.75, 3.05) is 37.8 Å². The van der Waals surface area contributed by atoms with Crippen LogP contribution in [0.4, 0.5) is 21.8 Å². The first-order valence-electron chi connectivity index (χ1n) is 13.3. The molecule has 2 aromatic rings. The van der Waals surface area contributed by atoms with E-state index in [1.54, 1.807) is 7.05 Å². The number of aromatic nitrogens is 2. The number of hydrogen-bond donors (Lipinski definition) is 4. The topological polar surface area (TPSA) is 132 Å². The summed E-state index contributed by atoms with van der Waals surface area (Å²) in [6, 6.07) is 3.85. The summed E-state index contributed by atoms with van der Waals surface area (Å²) in [5.41, 5.74) is 2.49. The van der Waals surface area contributed by atoms with Crippen molar-refractivity contribution in [2.24, 2.45) is 0 Å². The van der Waals surface area contributed by atoms with Crippen molar-refractivity contribution in [1.82, 2.24) is 20.2 Å². The second-order valence-corrected chi connectivity index (χ2v) is 13.5. The van der Waals surface area contributed by atoms with Crippen molar-refractivity contribution in [3.05, 3.63) is 46.4 Å². The summed E-state index contributed by atoms with van der Waals surface area (Å²) < 4.78 is 46.5. The molecule has 13 heteroatoms. The summed E-state index contributed by atoms with van der Waals surface area (Å²) >= 11 is 6.34. The monoisotopic (exact) mass is 593 g/mol. The third-order valence-electron chi connectivity index (χ3n) is 7.01. The fraction of sp³-hybridized carbons (Fsp3) is 0.519. The average molecular weight is 594 g/mol. The predicted molar refractivity (Wildman–Crippen MR) is 157 cm³/mol. The minimum atomic E-state index is -3.86. The maximum absolute atomic E-state index is 15.0. The van der Waals surface area contributed by atoms with Crippen molar-refractivity contribution in [3.63, 3.8) is 0 Å². The Hall–Kier alpha value is -2.96. The molecule has 1 aliphatic carbocycles. The molecule has 4 N–H and O–H groups in total. The number of halogens is 2. The highest BCUT2D eigenvalue weighted by Crippen LogP contribution is 2.40. The molecule has 2 aliphatic rings. The number of benzene rings is 1. The van der Waals surface area contributed by atoms with E-state index >= 15 is 4.39 Å². The highest BCUT2D eigenvalue weighted by molar-refractivity contribution is 8.07. The molecule has 1 aromatic carbocycles. The molecule has 218 valence electrons. The Bertz CT molecular complexity index is 1400. The Balaban J connectivity index is 1.63. The molecule has 1 saturated carbocycles. The molecule has 0 spiro atoms. The normalized spacial score (nSPS) is 20.4. The number of alkyl halides is 1. The molecule has 2 unspecified atom stereocenters. The van der Waals surface area contributed by atoms with Crippen LogP contribution in [-0.4, -0.2) is 73.0 Å². The van der Waals surface area contributed by atoms with Gasteiger partial charge in [0, 0.05) is 25.7 Å². The third kappa shape index (κ3) is 6.84. The zero-order valence-corrected chi connectivity index (χ0v) is 25.0. The van der Waals surface area contributed by atoms with Gasteiger partial charge in [-0.2, -0.15) is 4.98 Å². The maximum atomic E-state index is 15.0. The van der Waals surface area contributed by atoms with Crippen molar-refractivity contribution in [2.45, 2.75) is 63.5 Å². The lowest BCUT2D eigenvalue weighted by Gasteiger charge is -2.33. The van der Waals surface area contributed by atoms with E-state index in [0.717, 1.165) is 36.9 Å². The van der Waals surface area contributed by atoms with Crippen LogP contribution in [0.25, 0.3) is 0 Å². The molecular formula is C27H37ClFN7O3S. The lowest BCUT2D eigenvalue weighted by molar-refractivity contribution is 0.139. The van der Waals surface area contributed by atoms with Crippen LogP contribution in [0.1, 0.15) is 50.2 Å². The minimum Gasteiger partial charge on any atom is -0.488 e. The second-order valence-electron chi connectivity index (χ2n) is 10.6. The van der Waals surface area contributed by atoms with E-state index in [1.165, 1.54) is 26.2 Å². The summed E-state index contributed by atoms with van der Waals surface area (Å²) in [4.78, 5) is 10.7. The van der Waals surface area contributed by atoms with Crippen LogP contribution in [0, 0.1) is 12.3 Å². The summed E-state index contributed by atoms with van der Waals surface area (Å²) in [6.07, 6.45) is 4.54. The van der Waals surface area contributed by atoms with E-state index in [2.05, 4.69) is 25.9 Å². The summed E-state index contributed by atoms with van der Waals surface area (Å²) in [5, 5.41) is 15.9. The highest BCUT2D eigenvalue weighted by atomic mass is 35.5. The SMILES string of the molecule is CN/C=C(/Nc1nc(Nc2cc(C)c(C3CCN(C)CC3F)cc2OC2CC2)ncc1Cl)C(=N)S(=O)(=O)C(C)C. The van der Waals surface area contributed by atoms with Crippen LogP contribution in [0.15, 0.2) is 30.2 Å². The molecule has 2 heterocycles. The number of aryl methyl sites for hydroxylation is 1. The van der Waals surface area contributed by atoms with Gasteiger partial charge in [-0.3, -0.25) is 5.41 Å². The molecular weight excluding hydrogens is 557 g/mol. The number of nitrogens with zero attached hydrogens (tertiary/aromatic N) is 3. The van der Waals surface area contributed by atoms with Gasteiger partial charge in [0.05, 0.1) is 28.9 Å². The van der Waals surface area contributed by atoms with Crippen molar-refractivity contribution in [1.29, 1.82) is 5.41 Å². The van der Waals surface area contributed by atoms with Gasteiger partial charge < -0.3 is 25.6 Å². The summed E-state index contributed by atoms with van der Waals surface area (Å²) in [6.45, 7) is 6.21. The van der Waals surface area contributed by atoms with Crippen LogP contribution in [-0.2, 0) is 9.84 Å². The van der Waals surface area contributed by atoms with Gasteiger partial charge in [-0.25, -0.2) is 17.8 Å². The van der Waals surface area contributed by atoms with Gasteiger partial charge in [-0.15, -0.1) is 0 Å². The number of anilines is 3. The molecule has 1 aliphatic heterocycles. The Kier molecular flexibility index (Phi) is 9.21. The minimum absolute atomic E-state index is 0.0143.